The van der Waals surface area contributed by atoms with Crippen molar-refractivity contribution in [2.45, 2.75) is 13.3 Å². The SMILES string of the molecule is C=CCN(CC(=O)OCC)CC(=O)N(C)CCC#N. The number of esters is 1. The van der Waals surface area contributed by atoms with Crippen LogP contribution in [0.1, 0.15) is 13.3 Å². The van der Waals surface area contributed by atoms with Crippen molar-refractivity contribution in [2.24, 2.45) is 0 Å². The van der Waals surface area contributed by atoms with Crippen LogP contribution in [-0.4, -0.2) is 61.5 Å². The lowest BCUT2D eigenvalue weighted by Gasteiger charge is -2.22. The maximum atomic E-state index is 11.9. The van der Waals surface area contributed by atoms with Crippen molar-refractivity contribution >= 4 is 11.9 Å². The molecule has 0 aromatic heterocycles. The van der Waals surface area contributed by atoms with Crippen molar-refractivity contribution in [3.8, 4) is 6.07 Å². The van der Waals surface area contributed by atoms with Crippen LogP contribution in [0.2, 0.25) is 0 Å². The van der Waals surface area contributed by atoms with Crippen molar-refractivity contribution in [2.75, 3.05) is 39.8 Å². The number of ether oxygens (including phenoxy) is 1. The molecule has 19 heavy (non-hydrogen) atoms. The van der Waals surface area contributed by atoms with E-state index in [-0.39, 0.29) is 25.0 Å². The summed E-state index contributed by atoms with van der Waals surface area (Å²) in [7, 11) is 1.64. The predicted molar refractivity (Wildman–Crippen MR) is 71.1 cm³/mol. The first-order valence-electron chi connectivity index (χ1n) is 6.14. The maximum Gasteiger partial charge on any atom is 0.320 e. The third kappa shape index (κ3) is 7.95. The van der Waals surface area contributed by atoms with Gasteiger partial charge in [0, 0.05) is 20.1 Å². The molecule has 0 bridgehead atoms. The van der Waals surface area contributed by atoms with Crippen LogP contribution < -0.4 is 0 Å². The van der Waals surface area contributed by atoms with Crippen molar-refractivity contribution in [1.29, 1.82) is 5.26 Å². The van der Waals surface area contributed by atoms with E-state index in [2.05, 4.69) is 6.58 Å². The van der Waals surface area contributed by atoms with Gasteiger partial charge in [-0.2, -0.15) is 5.26 Å². The highest BCUT2D eigenvalue weighted by atomic mass is 16.5. The topological polar surface area (TPSA) is 73.6 Å². The standard InChI is InChI=1S/C13H21N3O3/c1-4-8-16(11-13(18)19-5-2)10-12(17)15(3)9-6-7-14/h4H,1,5-6,8-11H2,2-3H3. The molecule has 1 amide bonds. The highest BCUT2D eigenvalue weighted by Gasteiger charge is 2.16. The first kappa shape index (κ1) is 17.1. The van der Waals surface area contributed by atoms with Gasteiger partial charge in [-0.3, -0.25) is 14.5 Å². The Morgan fingerprint density at radius 1 is 1.42 bits per heavy atom. The molecule has 0 unspecified atom stereocenters. The molecule has 0 saturated heterocycles. The van der Waals surface area contributed by atoms with Crippen LogP contribution in [0.4, 0.5) is 0 Å². The van der Waals surface area contributed by atoms with E-state index in [0.717, 1.165) is 0 Å². The molecule has 6 heteroatoms. The number of nitriles is 1. The van der Waals surface area contributed by atoms with E-state index in [1.54, 1.807) is 24.9 Å². The predicted octanol–water partition coefficient (Wildman–Crippen LogP) is 0.410. The van der Waals surface area contributed by atoms with Crippen LogP contribution in [-0.2, 0) is 14.3 Å². The second kappa shape index (κ2) is 10.1. The Balaban J connectivity index is 4.32. The Morgan fingerprint density at radius 3 is 2.63 bits per heavy atom. The van der Waals surface area contributed by atoms with E-state index in [1.165, 1.54) is 4.90 Å². The molecule has 106 valence electrons. The Labute approximate surface area is 114 Å². The minimum Gasteiger partial charge on any atom is -0.465 e. The fourth-order valence-corrected chi connectivity index (χ4v) is 1.41. The summed E-state index contributed by atoms with van der Waals surface area (Å²) in [6.07, 6.45) is 1.92. The van der Waals surface area contributed by atoms with Crippen LogP contribution in [0, 0.1) is 11.3 Å². The maximum absolute atomic E-state index is 11.9. The molecule has 0 spiro atoms. The molecule has 0 aliphatic rings. The van der Waals surface area contributed by atoms with Gasteiger partial charge >= 0.3 is 5.97 Å². The van der Waals surface area contributed by atoms with Crippen LogP contribution in [0.3, 0.4) is 0 Å². The van der Waals surface area contributed by atoms with Gasteiger partial charge in [0.25, 0.3) is 0 Å². The molecule has 0 atom stereocenters. The highest BCUT2D eigenvalue weighted by Crippen LogP contribution is 1.96. The summed E-state index contributed by atoms with van der Waals surface area (Å²) in [6.45, 7) is 6.61. The Bertz CT molecular complexity index is 350. The molecule has 0 fully saturated rings. The zero-order chi connectivity index (χ0) is 14.7. The number of carbonyl (C=O) groups is 2. The third-order valence-corrected chi connectivity index (χ3v) is 2.39. The smallest absolute Gasteiger partial charge is 0.320 e. The molecule has 0 aromatic rings. The second-order valence-electron chi connectivity index (χ2n) is 3.99. The van der Waals surface area contributed by atoms with Gasteiger partial charge in [-0.15, -0.1) is 6.58 Å². The molecule has 0 saturated carbocycles. The first-order chi connectivity index (χ1) is 9.04. The van der Waals surface area contributed by atoms with Gasteiger partial charge in [0.15, 0.2) is 0 Å². The molecule has 0 radical (unpaired) electrons. The van der Waals surface area contributed by atoms with E-state index in [1.807, 2.05) is 6.07 Å². The lowest BCUT2D eigenvalue weighted by Crippen LogP contribution is -2.41. The zero-order valence-corrected chi connectivity index (χ0v) is 11.6. The molecule has 0 aliphatic heterocycles. The summed E-state index contributed by atoms with van der Waals surface area (Å²) < 4.78 is 4.84. The second-order valence-corrected chi connectivity index (χ2v) is 3.99. The summed E-state index contributed by atoms with van der Waals surface area (Å²) in [4.78, 5) is 26.4. The minimum absolute atomic E-state index is 0.0533. The van der Waals surface area contributed by atoms with Crippen LogP contribution in [0.15, 0.2) is 12.7 Å². The number of hydrogen-bond donors (Lipinski definition) is 0. The normalized spacial score (nSPS) is 9.79. The van der Waals surface area contributed by atoms with Crippen molar-refractivity contribution in [1.82, 2.24) is 9.80 Å². The van der Waals surface area contributed by atoms with Gasteiger partial charge < -0.3 is 9.64 Å². The molecule has 0 rings (SSSR count). The van der Waals surface area contributed by atoms with E-state index in [0.29, 0.717) is 26.1 Å². The number of likely N-dealkylation sites (N-methyl/N-ethyl adjacent to an activating group) is 1. The molecular formula is C13H21N3O3. The molecule has 0 aliphatic carbocycles. The monoisotopic (exact) mass is 267 g/mol. The average molecular weight is 267 g/mol. The van der Waals surface area contributed by atoms with Gasteiger partial charge in [-0.1, -0.05) is 6.08 Å². The van der Waals surface area contributed by atoms with E-state index in [4.69, 9.17) is 10.00 Å². The molecule has 0 heterocycles. The fraction of sp³-hybridized carbons (Fsp3) is 0.615. The van der Waals surface area contributed by atoms with Crippen molar-refractivity contribution in [3.05, 3.63) is 12.7 Å². The number of rotatable bonds is 9. The van der Waals surface area contributed by atoms with Crippen LogP contribution in [0.5, 0.6) is 0 Å². The van der Waals surface area contributed by atoms with Gasteiger partial charge in [-0.05, 0) is 6.92 Å². The molecular weight excluding hydrogens is 246 g/mol. The summed E-state index contributed by atoms with van der Waals surface area (Å²) in [5, 5.41) is 8.47. The summed E-state index contributed by atoms with van der Waals surface area (Å²) >= 11 is 0. The van der Waals surface area contributed by atoms with Gasteiger partial charge in [0.05, 0.1) is 32.2 Å². The van der Waals surface area contributed by atoms with E-state index < -0.39 is 0 Å². The Kier molecular flexibility index (Phi) is 9.10. The number of carbonyl (C=O) groups excluding carboxylic acids is 2. The number of nitrogens with zero attached hydrogens (tertiary/aromatic N) is 3. The van der Waals surface area contributed by atoms with E-state index >= 15 is 0 Å². The lowest BCUT2D eigenvalue weighted by molar-refractivity contribution is -0.144. The van der Waals surface area contributed by atoms with Crippen LogP contribution >= 0.6 is 0 Å². The largest absolute Gasteiger partial charge is 0.465 e. The number of amides is 1. The minimum atomic E-state index is -0.364. The molecule has 6 nitrogen and oxygen atoms in total. The Hall–Kier alpha value is -1.87. The van der Waals surface area contributed by atoms with Crippen LogP contribution in [0.25, 0.3) is 0 Å². The van der Waals surface area contributed by atoms with E-state index in [9.17, 15) is 9.59 Å². The van der Waals surface area contributed by atoms with Crippen molar-refractivity contribution < 1.29 is 14.3 Å². The molecule has 0 N–H and O–H groups in total. The molecule has 0 aromatic carbocycles. The quantitative estimate of drug-likeness (QED) is 0.447. The Morgan fingerprint density at radius 2 is 2.11 bits per heavy atom. The fourth-order valence-electron chi connectivity index (χ4n) is 1.41. The third-order valence-electron chi connectivity index (χ3n) is 2.39. The highest BCUT2D eigenvalue weighted by molar-refractivity contribution is 5.79. The zero-order valence-electron chi connectivity index (χ0n) is 11.6. The summed E-state index contributed by atoms with van der Waals surface area (Å²) in [5.41, 5.74) is 0. The van der Waals surface area contributed by atoms with Gasteiger partial charge in [0.1, 0.15) is 0 Å². The van der Waals surface area contributed by atoms with Gasteiger partial charge in [0.2, 0.25) is 5.91 Å². The summed E-state index contributed by atoms with van der Waals surface area (Å²) in [6, 6.07) is 1.98. The first-order valence-corrected chi connectivity index (χ1v) is 6.14. The lowest BCUT2D eigenvalue weighted by atomic mass is 10.3. The van der Waals surface area contributed by atoms with Crippen molar-refractivity contribution in [3.63, 3.8) is 0 Å². The van der Waals surface area contributed by atoms with Gasteiger partial charge in [-0.25, -0.2) is 0 Å². The average Bonchev–Trinajstić information content (AvgIpc) is 2.36. The summed E-state index contributed by atoms with van der Waals surface area (Å²) in [5.74, 6) is -0.502. The number of hydrogen-bond acceptors (Lipinski definition) is 5.